The van der Waals surface area contributed by atoms with E-state index in [2.05, 4.69) is 5.32 Å². The van der Waals surface area contributed by atoms with Gasteiger partial charge in [-0.3, -0.25) is 4.79 Å². The third kappa shape index (κ3) is 4.98. The van der Waals surface area contributed by atoms with E-state index < -0.39 is 5.60 Å². The Bertz CT molecular complexity index is 651. The van der Waals surface area contributed by atoms with Crippen LogP contribution in [0.1, 0.15) is 19.4 Å². The van der Waals surface area contributed by atoms with Crippen molar-refractivity contribution in [3.05, 3.63) is 59.1 Å². The highest BCUT2D eigenvalue weighted by molar-refractivity contribution is 6.30. The molecule has 4 nitrogen and oxygen atoms in total. The Morgan fingerprint density at radius 2 is 1.74 bits per heavy atom. The molecule has 0 aliphatic heterocycles. The molecule has 23 heavy (non-hydrogen) atoms. The van der Waals surface area contributed by atoms with E-state index in [0.29, 0.717) is 22.9 Å². The van der Waals surface area contributed by atoms with Gasteiger partial charge in [-0.1, -0.05) is 23.7 Å². The number of carbonyl (C=O) groups excluding carboxylic acids is 1. The zero-order valence-corrected chi connectivity index (χ0v) is 13.9. The van der Waals surface area contributed by atoms with Crippen molar-refractivity contribution in [1.82, 2.24) is 0 Å². The minimum atomic E-state index is -1.03. The van der Waals surface area contributed by atoms with Gasteiger partial charge in [0.05, 0.1) is 0 Å². The number of rotatable bonds is 6. The van der Waals surface area contributed by atoms with Crippen LogP contribution in [-0.2, 0) is 11.2 Å². The molecule has 0 bridgehead atoms. The molecule has 0 aliphatic rings. The van der Waals surface area contributed by atoms with Crippen LogP contribution < -0.4 is 10.1 Å². The summed E-state index contributed by atoms with van der Waals surface area (Å²) >= 11 is 5.84. The maximum Gasteiger partial charge on any atom is 0.267 e. The summed E-state index contributed by atoms with van der Waals surface area (Å²) < 4.78 is 5.75. The van der Waals surface area contributed by atoms with Crippen molar-refractivity contribution in [2.24, 2.45) is 0 Å². The number of anilines is 1. The number of hydrogen-bond acceptors (Lipinski definition) is 3. The standard InChI is InChI=1S/C18H20ClNO3/c1-18(2,23-16-9-5-14(19)6-10-16)17(22)20-15-7-3-13(4-8-15)11-12-21/h3-10,21H,11-12H2,1-2H3,(H,20,22). The molecule has 0 atom stereocenters. The molecule has 0 saturated heterocycles. The summed E-state index contributed by atoms with van der Waals surface area (Å²) in [7, 11) is 0. The maximum atomic E-state index is 12.4. The number of halogens is 1. The molecule has 0 heterocycles. The first kappa shape index (κ1) is 17.3. The minimum absolute atomic E-state index is 0.105. The quantitative estimate of drug-likeness (QED) is 0.848. The Kier molecular flexibility index (Phi) is 5.64. The van der Waals surface area contributed by atoms with Crippen LogP contribution in [-0.4, -0.2) is 23.2 Å². The number of hydrogen-bond donors (Lipinski definition) is 2. The van der Waals surface area contributed by atoms with Gasteiger partial charge in [-0.05, 0) is 62.2 Å². The monoisotopic (exact) mass is 333 g/mol. The number of amides is 1. The Morgan fingerprint density at radius 3 is 2.30 bits per heavy atom. The first-order valence-corrected chi connectivity index (χ1v) is 7.74. The summed E-state index contributed by atoms with van der Waals surface area (Å²) in [5.41, 5.74) is 0.670. The lowest BCUT2D eigenvalue weighted by Gasteiger charge is -2.25. The molecule has 2 aromatic rings. The highest BCUT2D eigenvalue weighted by Gasteiger charge is 2.30. The largest absolute Gasteiger partial charge is 0.478 e. The molecule has 0 radical (unpaired) electrons. The SMILES string of the molecule is CC(C)(Oc1ccc(Cl)cc1)C(=O)Nc1ccc(CCO)cc1. The molecule has 0 fully saturated rings. The van der Waals surface area contributed by atoms with Gasteiger partial charge < -0.3 is 15.2 Å². The van der Waals surface area contributed by atoms with Crippen LogP contribution in [0.3, 0.4) is 0 Å². The molecule has 2 aromatic carbocycles. The Hall–Kier alpha value is -2.04. The van der Waals surface area contributed by atoms with Crippen molar-refractivity contribution in [3.8, 4) is 5.75 Å². The van der Waals surface area contributed by atoms with E-state index in [1.54, 1.807) is 50.2 Å². The fourth-order valence-corrected chi connectivity index (χ4v) is 2.14. The molecular weight excluding hydrogens is 314 g/mol. The van der Waals surface area contributed by atoms with Crippen molar-refractivity contribution in [1.29, 1.82) is 0 Å². The zero-order chi connectivity index (χ0) is 16.9. The van der Waals surface area contributed by atoms with Crippen LogP contribution in [0.5, 0.6) is 5.75 Å². The van der Waals surface area contributed by atoms with E-state index in [-0.39, 0.29) is 12.5 Å². The van der Waals surface area contributed by atoms with Crippen molar-refractivity contribution in [3.63, 3.8) is 0 Å². The normalized spacial score (nSPS) is 11.1. The lowest BCUT2D eigenvalue weighted by Crippen LogP contribution is -2.42. The number of aliphatic hydroxyl groups excluding tert-OH is 1. The summed E-state index contributed by atoms with van der Waals surface area (Å²) in [6, 6.07) is 14.2. The van der Waals surface area contributed by atoms with Crippen LogP contribution in [0.15, 0.2) is 48.5 Å². The number of benzene rings is 2. The molecule has 122 valence electrons. The molecule has 0 unspecified atom stereocenters. The predicted molar refractivity (Wildman–Crippen MR) is 92.0 cm³/mol. The van der Waals surface area contributed by atoms with Gasteiger partial charge in [-0.2, -0.15) is 0 Å². The van der Waals surface area contributed by atoms with Gasteiger partial charge in [0.2, 0.25) is 0 Å². The lowest BCUT2D eigenvalue weighted by atomic mass is 10.1. The van der Waals surface area contributed by atoms with Crippen LogP contribution >= 0.6 is 11.6 Å². The molecule has 0 saturated carbocycles. The fourth-order valence-electron chi connectivity index (χ4n) is 2.01. The van der Waals surface area contributed by atoms with Gasteiger partial charge in [-0.25, -0.2) is 0 Å². The summed E-state index contributed by atoms with van der Waals surface area (Å²) in [4.78, 5) is 12.4. The second kappa shape index (κ2) is 7.49. The minimum Gasteiger partial charge on any atom is -0.478 e. The van der Waals surface area contributed by atoms with Gasteiger partial charge in [-0.15, -0.1) is 0 Å². The molecule has 2 rings (SSSR count). The van der Waals surface area contributed by atoms with Crippen LogP contribution in [0.4, 0.5) is 5.69 Å². The zero-order valence-electron chi connectivity index (χ0n) is 13.2. The third-order valence-electron chi connectivity index (χ3n) is 3.35. The molecule has 0 aromatic heterocycles. The van der Waals surface area contributed by atoms with E-state index in [1.807, 2.05) is 12.1 Å². The maximum absolute atomic E-state index is 12.4. The average Bonchev–Trinajstić information content (AvgIpc) is 2.51. The average molecular weight is 334 g/mol. The van der Waals surface area contributed by atoms with Crippen molar-refractivity contribution in [2.75, 3.05) is 11.9 Å². The molecule has 2 N–H and O–H groups in total. The van der Waals surface area contributed by atoms with Crippen molar-refractivity contribution in [2.45, 2.75) is 25.9 Å². The van der Waals surface area contributed by atoms with Gasteiger partial charge in [0.15, 0.2) is 5.60 Å². The van der Waals surface area contributed by atoms with Crippen molar-refractivity contribution >= 4 is 23.2 Å². The second-order valence-electron chi connectivity index (χ2n) is 5.69. The molecular formula is C18H20ClNO3. The molecule has 0 spiro atoms. The summed E-state index contributed by atoms with van der Waals surface area (Å²) in [5, 5.41) is 12.3. The number of nitrogens with one attached hydrogen (secondary N) is 1. The van der Waals surface area contributed by atoms with Crippen LogP contribution in [0, 0.1) is 0 Å². The van der Waals surface area contributed by atoms with Gasteiger partial charge in [0.25, 0.3) is 5.91 Å². The lowest BCUT2D eigenvalue weighted by molar-refractivity contribution is -0.128. The topological polar surface area (TPSA) is 58.6 Å². The summed E-state index contributed by atoms with van der Waals surface area (Å²) in [6.07, 6.45) is 0.597. The predicted octanol–water partition coefficient (Wildman–Crippen LogP) is 3.67. The van der Waals surface area contributed by atoms with E-state index in [1.165, 1.54) is 0 Å². The van der Waals surface area contributed by atoms with E-state index in [9.17, 15) is 4.79 Å². The van der Waals surface area contributed by atoms with E-state index in [4.69, 9.17) is 21.4 Å². The highest BCUT2D eigenvalue weighted by atomic mass is 35.5. The van der Waals surface area contributed by atoms with E-state index >= 15 is 0 Å². The molecule has 0 aliphatic carbocycles. The van der Waals surface area contributed by atoms with Crippen LogP contribution in [0.2, 0.25) is 5.02 Å². The summed E-state index contributed by atoms with van der Waals surface area (Å²) in [6.45, 7) is 3.52. The second-order valence-corrected chi connectivity index (χ2v) is 6.13. The Balaban J connectivity index is 2.01. The van der Waals surface area contributed by atoms with E-state index in [0.717, 1.165) is 5.56 Å². The molecule has 5 heteroatoms. The van der Waals surface area contributed by atoms with Gasteiger partial charge >= 0.3 is 0 Å². The van der Waals surface area contributed by atoms with Crippen LogP contribution in [0.25, 0.3) is 0 Å². The van der Waals surface area contributed by atoms with Gasteiger partial charge in [0.1, 0.15) is 5.75 Å². The highest BCUT2D eigenvalue weighted by Crippen LogP contribution is 2.22. The van der Waals surface area contributed by atoms with Crippen molar-refractivity contribution < 1.29 is 14.6 Å². The smallest absolute Gasteiger partial charge is 0.267 e. The Labute approximate surface area is 141 Å². The van der Waals surface area contributed by atoms with Gasteiger partial charge in [0, 0.05) is 17.3 Å². The third-order valence-corrected chi connectivity index (χ3v) is 3.60. The number of ether oxygens (including phenoxy) is 1. The summed E-state index contributed by atoms with van der Waals surface area (Å²) in [5.74, 6) is 0.329. The first-order valence-electron chi connectivity index (χ1n) is 7.36. The first-order chi connectivity index (χ1) is 10.9. The molecule has 1 amide bonds. The fraction of sp³-hybridized carbons (Fsp3) is 0.278. The number of aliphatic hydroxyl groups is 1. The number of carbonyl (C=O) groups is 1. The Morgan fingerprint density at radius 1 is 1.13 bits per heavy atom.